The summed E-state index contributed by atoms with van der Waals surface area (Å²) in [6, 6.07) is 22.9. The highest BCUT2D eigenvalue weighted by molar-refractivity contribution is 7.92. The van der Waals surface area contributed by atoms with Crippen molar-refractivity contribution in [1.82, 2.24) is 10.2 Å². The Morgan fingerprint density at radius 3 is 2.31 bits per heavy atom. The van der Waals surface area contributed by atoms with Crippen LogP contribution >= 0.6 is 11.3 Å². The molecule has 3 aromatic carbocycles. The van der Waals surface area contributed by atoms with E-state index in [4.69, 9.17) is 9.47 Å². The lowest BCUT2D eigenvalue weighted by Crippen LogP contribution is -2.37. The average Bonchev–Trinajstić information content (AvgIpc) is 3.31. The summed E-state index contributed by atoms with van der Waals surface area (Å²) < 4.78 is 37.3. The number of rotatable bonds is 9. The Balaban J connectivity index is 1.52. The second kappa shape index (κ2) is 10.5. The Morgan fingerprint density at radius 1 is 0.943 bits per heavy atom. The maximum atomic E-state index is 12.8. The molecule has 1 aromatic heterocycles. The first-order valence-corrected chi connectivity index (χ1v) is 13.1. The molecule has 0 saturated heterocycles. The molecule has 0 unspecified atom stereocenters. The largest absolute Gasteiger partial charge is 0.497 e. The highest BCUT2D eigenvalue weighted by atomic mass is 32.2. The van der Waals surface area contributed by atoms with E-state index < -0.39 is 22.5 Å². The first-order chi connectivity index (χ1) is 16.8. The van der Waals surface area contributed by atoms with Crippen LogP contribution in [0, 0.1) is 0 Å². The van der Waals surface area contributed by atoms with Gasteiger partial charge in [0.15, 0.2) is 5.75 Å². The lowest BCUT2D eigenvalue weighted by molar-refractivity contribution is -0.114. The predicted molar refractivity (Wildman–Crippen MR) is 136 cm³/mol. The number of benzene rings is 3. The highest BCUT2D eigenvalue weighted by Crippen LogP contribution is 2.33. The average molecular weight is 511 g/mol. The molecule has 4 rings (SSSR count). The number of carbonyl (C=O) groups excluding carboxylic acids is 1. The fraction of sp³-hybridized carbons (Fsp3) is 0.125. The van der Waals surface area contributed by atoms with Gasteiger partial charge in [-0.25, -0.2) is 8.42 Å². The second-order valence-corrected chi connectivity index (χ2v) is 10.2. The van der Waals surface area contributed by atoms with Crippen LogP contribution in [0.3, 0.4) is 0 Å². The van der Waals surface area contributed by atoms with Gasteiger partial charge in [-0.15, -0.1) is 10.2 Å². The van der Waals surface area contributed by atoms with Crippen LogP contribution < -0.4 is 19.1 Å². The van der Waals surface area contributed by atoms with E-state index >= 15 is 0 Å². The van der Waals surface area contributed by atoms with Crippen LogP contribution in [0.5, 0.6) is 17.2 Å². The van der Waals surface area contributed by atoms with E-state index in [0.29, 0.717) is 22.3 Å². The van der Waals surface area contributed by atoms with Crippen molar-refractivity contribution in [3.63, 3.8) is 0 Å². The predicted octanol–water partition coefficient (Wildman–Crippen LogP) is 4.41. The molecule has 0 saturated carbocycles. The summed E-state index contributed by atoms with van der Waals surface area (Å²) in [6.45, 7) is -0.467. The minimum absolute atomic E-state index is 0.241. The molecule has 0 aliphatic heterocycles. The van der Waals surface area contributed by atoms with Crippen LogP contribution in [0.4, 0.5) is 10.8 Å². The Hall–Kier alpha value is -3.96. The molecule has 0 aliphatic carbocycles. The van der Waals surface area contributed by atoms with Gasteiger partial charge in [0.1, 0.15) is 23.1 Å². The summed E-state index contributed by atoms with van der Waals surface area (Å²) >= 11 is 1.18. The second-order valence-electron chi connectivity index (χ2n) is 7.34. The Morgan fingerprint density at radius 2 is 1.63 bits per heavy atom. The van der Waals surface area contributed by atoms with Gasteiger partial charge in [-0.3, -0.25) is 14.4 Å². The van der Waals surface area contributed by atoms with Crippen molar-refractivity contribution in [1.29, 1.82) is 0 Å². The number of sulfonamides is 1. The smallest absolute Gasteiger partial charge is 0.246 e. The number of amides is 1. The van der Waals surface area contributed by atoms with E-state index in [1.54, 1.807) is 55.6 Å². The third-order valence-electron chi connectivity index (χ3n) is 4.80. The van der Waals surface area contributed by atoms with Gasteiger partial charge in [-0.05, 0) is 48.5 Å². The van der Waals surface area contributed by atoms with Gasteiger partial charge in [0.2, 0.25) is 21.1 Å². The number of aromatic nitrogens is 2. The first kappa shape index (κ1) is 24.2. The van der Waals surface area contributed by atoms with Crippen LogP contribution in [0.1, 0.15) is 0 Å². The van der Waals surface area contributed by atoms with E-state index in [1.165, 1.54) is 11.3 Å². The first-order valence-electron chi connectivity index (χ1n) is 10.4. The van der Waals surface area contributed by atoms with Gasteiger partial charge in [0.05, 0.1) is 19.1 Å². The summed E-state index contributed by atoms with van der Waals surface area (Å²) in [5.41, 5.74) is 1.05. The van der Waals surface area contributed by atoms with Gasteiger partial charge >= 0.3 is 0 Å². The standard InChI is InChI=1S/C24H22N4O5S2/c1-32-18-14-12-17(13-15-18)23-26-27-24(34-23)25-22(29)16-28(35(2,30)31)20-10-6-7-11-21(20)33-19-8-4-3-5-9-19/h3-15H,16H2,1-2H3,(H,25,27,29). The fourth-order valence-electron chi connectivity index (χ4n) is 3.16. The summed E-state index contributed by atoms with van der Waals surface area (Å²) in [4.78, 5) is 12.8. The van der Waals surface area contributed by atoms with Gasteiger partial charge in [-0.1, -0.05) is 41.7 Å². The number of nitrogens with zero attached hydrogens (tertiary/aromatic N) is 3. The zero-order valence-corrected chi connectivity index (χ0v) is 20.5. The fourth-order valence-corrected chi connectivity index (χ4v) is 4.78. The Kier molecular flexibility index (Phi) is 7.28. The molecule has 1 heterocycles. The molecule has 180 valence electrons. The molecule has 0 fully saturated rings. The molecule has 35 heavy (non-hydrogen) atoms. The molecule has 1 amide bonds. The minimum atomic E-state index is -3.82. The number of para-hydroxylation sites is 3. The summed E-state index contributed by atoms with van der Waals surface area (Å²) in [6.07, 6.45) is 1.03. The molecule has 0 radical (unpaired) electrons. The Labute approximate surface area is 207 Å². The topological polar surface area (TPSA) is 111 Å². The third kappa shape index (κ3) is 6.14. The van der Waals surface area contributed by atoms with Gasteiger partial charge in [0, 0.05) is 5.56 Å². The van der Waals surface area contributed by atoms with Crippen LogP contribution in [-0.2, 0) is 14.8 Å². The highest BCUT2D eigenvalue weighted by Gasteiger charge is 2.25. The molecule has 0 aliphatic rings. The molecule has 11 heteroatoms. The summed E-state index contributed by atoms with van der Waals surface area (Å²) in [5.74, 6) is 0.985. The monoisotopic (exact) mass is 510 g/mol. The molecule has 1 N–H and O–H groups in total. The lowest BCUT2D eigenvalue weighted by Gasteiger charge is -2.24. The molecule has 0 bridgehead atoms. The van der Waals surface area contributed by atoms with Crippen molar-refractivity contribution in [2.75, 3.05) is 29.5 Å². The zero-order chi connectivity index (χ0) is 24.8. The van der Waals surface area contributed by atoms with E-state index in [0.717, 1.165) is 16.1 Å². The molecule has 9 nitrogen and oxygen atoms in total. The molecular formula is C24H22N4O5S2. The number of ether oxygens (including phenoxy) is 2. The summed E-state index contributed by atoms with van der Waals surface area (Å²) in [5, 5.41) is 11.6. The maximum Gasteiger partial charge on any atom is 0.246 e. The minimum Gasteiger partial charge on any atom is -0.497 e. The lowest BCUT2D eigenvalue weighted by atomic mass is 10.2. The summed E-state index contributed by atoms with van der Waals surface area (Å²) in [7, 11) is -2.23. The van der Waals surface area contributed by atoms with Crippen molar-refractivity contribution in [2.24, 2.45) is 0 Å². The number of carbonyl (C=O) groups is 1. The van der Waals surface area contributed by atoms with E-state index in [9.17, 15) is 13.2 Å². The van der Waals surface area contributed by atoms with Crippen LogP contribution in [0.15, 0.2) is 78.9 Å². The van der Waals surface area contributed by atoms with Crippen molar-refractivity contribution in [2.45, 2.75) is 0 Å². The van der Waals surface area contributed by atoms with Gasteiger partial charge < -0.3 is 9.47 Å². The molecule has 0 atom stereocenters. The number of anilines is 2. The van der Waals surface area contributed by atoms with Crippen molar-refractivity contribution >= 4 is 38.1 Å². The molecule has 0 spiro atoms. The zero-order valence-electron chi connectivity index (χ0n) is 18.9. The van der Waals surface area contributed by atoms with Gasteiger partial charge in [0.25, 0.3) is 0 Å². The number of hydrogen-bond donors (Lipinski definition) is 1. The molecular weight excluding hydrogens is 488 g/mol. The van der Waals surface area contributed by atoms with Crippen LogP contribution in [-0.4, -0.2) is 44.4 Å². The normalized spacial score (nSPS) is 11.0. The van der Waals surface area contributed by atoms with E-state index in [1.807, 2.05) is 30.3 Å². The SMILES string of the molecule is COc1ccc(-c2nnc(NC(=O)CN(c3ccccc3Oc3ccccc3)S(C)(=O)=O)s2)cc1. The van der Waals surface area contributed by atoms with Crippen molar-refractivity contribution in [3.8, 4) is 27.8 Å². The number of nitrogens with one attached hydrogen (secondary N) is 1. The van der Waals surface area contributed by atoms with Crippen molar-refractivity contribution in [3.05, 3.63) is 78.9 Å². The number of methoxy groups -OCH3 is 1. The molecule has 4 aromatic rings. The van der Waals surface area contributed by atoms with Crippen LogP contribution in [0.2, 0.25) is 0 Å². The van der Waals surface area contributed by atoms with E-state index in [2.05, 4.69) is 15.5 Å². The third-order valence-corrected chi connectivity index (χ3v) is 6.82. The maximum absolute atomic E-state index is 12.8. The van der Waals surface area contributed by atoms with Crippen LogP contribution in [0.25, 0.3) is 10.6 Å². The number of hydrogen-bond acceptors (Lipinski definition) is 8. The van der Waals surface area contributed by atoms with Crippen molar-refractivity contribution < 1.29 is 22.7 Å². The van der Waals surface area contributed by atoms with Gasteiger partial charge in [-0.2, -0.15) is 0 Å². The van der Waals surface area contributed by atoms with E-state index in [-0.39, 0.29) is 10.8 Å². The Bertz CT molecular complexity index is 1410. The quantitative estimate of drug-likeness (QED) is 0.355.